The van der Waals surface area contributed by atoms with Gasteiger partial charge in [0.2, 0.25) is 5.91 Å². The van der Waals surface area contributed by atoms with Gasteiger partial charge in [-0.1, -0.05) is 19.1 Å². The van der Waals surface area contributed by atoms with E-state index in [2.05, 4.69) is 15.4 Å². The Morgan fingerprint density at radius 3 is 2.36 bits per heavy atom. The van der Waals surface area contributed by atoms with Gasteiger partial charge in [-0.25, -0.2) is 8.42 Å². The summed E-state index contributed by atoms with van der Waals surface area (Å²) in [6.07, 6.45) is 1.58. The van der Waals surface area contributed by atoms with E-state index < -0.39 is 28.4 Å². The number of carbonyl (C=O) groups excluding carboxylic acids is 2. The van der Waals surface area contributed by atoms with E-state index in [1.54, 1.807) is 43.3 Å². The normalized spacial score (nSPS) is 16.7. The maximum Gasteiger partial charge on any atom is 0.345 e. The molecule has 0 bridgehead atoms. The van der Waals surface area contributed by atoms with Crippen molar-refractivity contribution in [3.05, 3.63) is 59.7 Å². The van der Waals surface area contributed by atoms with Crippen molar-refractivity contribution in [1.82, 2.24) is 10.6 Å². The minimum atomic E-state index is -3.37. The third-order valence-electron chi connectivity index (χ3n) is 6.25. The first-order valence-corrected chi connectivity index (χ1v) is 13.4. The second kappa shape index (κ2) is 12.3. The lowest BCUT2D eigenvalue weighted by molar-refractivity contribution is -0.131. The van der Waals surface area contributed by atoms with Crippen LogP contribution in [0.15, 0.2) is 53.4 Å². The predicted octanol–water partition coefficient (Wildman–Crippen LogP) is 3.30. The number of benzene rings is 2. The predicted molar refractivity (Wildman–Crippen MR) is 132 cm³/mol. The maximum absolute atomic E-state index is 13.0. The van der Waals surface area contributed by atoms with Gasteiger partial charge in [0.05, 0.1) is 35.8 Å². The molecule has 2 atom stereocenters. The van der Waals surface area contributed by atoms with Crippen LogP contribution in [0.3, 0.4) is 0 Å². The largest absolute Gasteiger partial charge is 0.366 e. The van der Waals surface area contributed by atoms with Gasteiger partial charge in [0.15, 0.2) is 9.84 Å². The highest BCUT2D eigenvalue weighted by atomic mass is 32.2. The molecule has 8 nitrogen and oxygen atoms in total. The molecule has 1 saturated heterocycles. The molecule has 1 aliphatic rings. The third-order valence-corrected chi connectivity index (χ3v) is 8.00. The number of nitrogens with one attached hydrogen (secondary N) is 2. The lowest BCUT2D eigenvalue weighted by Crippen LogP contribution is -2.34. The van der Waals surface area contributed by atoms with Crippen molar-refractivity contribution in [3.8, 4) is 0 Å². The SMILES string of the molecule is CCS(=O)(=O)c1ccc([C@H](CC(=O)NC)NC(=O)c2ccc(N3CCC[C@H]3COC(F)F)cc2)cc1. The number of anilines is 1. The second-order valence-electron chi connectivity index (χ2n) is 8.51. The van der Waals surface area contributed by atoms with E-state index in [0.29, 0.717) is 17.7 Å². The van der Waals surface area contributed by atoms with E-state index in [9.17, 15) is 26.8 Å². The summed E-state index contributed by atoms with van der Waals surface area (Å²) in [6.45, 7) is -0.613. The van der Waals surface area contributed by atoms with Gasteiger partial charge < -0.3 is 20.3 Å². The Morgan fingerprint density at radius 1 is 1.11 bits per heavy atom. The first kappa shape index (κ1) is 27.5. The Morgan fingerprint density at radius 2 is 1.78 bits per heavy atom. The Kier molecular flexibility index (Phi) is 9.38. The van der Waals surface area contributed by atoms with E-state index in [1.807, 2.05) is 4.90 Å². The van der Waals surface area contributed by atoms with Gasteiger partial charge in [-0.2, -0.15) is 8.78 Å². The van der Waals surface area contributed by atoms with Crippen LogP contribution >= 0.6 is 0 Å². The van der Waals surface area contributed by atoms with Crippen LogP contribution in [0.1, 0.15) is 48.1 Å². The summed E-state index contributed by atoms with van der Waals surface area (Å²) in [4.78, 5) is 27.2. The summed E-state index contributed by atoms with van der Waals surface area (Å²) in [5.74, 6) is -0.718. The van der Waals surface area contributed by atoms with Gasteiger partial charge in [0.1, 0.15) is 0 Å². The highest BCUT2D eigenvalue weighted by Gasteiger charge is 2.26. The van der Waals surface area contributed by atoms with Crippen molar-refractivity contribution in [2.45, 2.75) is 49.8 Å². The molecule has 1 fully saturated rings. The van der Waals surface area contributed by atoms with Crippen LogP contribution in [0.5, 0.6) is 0 Å². The number of amides is 2. The topological polar surface area (TPSA) is 105 Å². The first-order valence-electron chi connectivity index (χ1n) is 11.7. The number of nitrogens with zero attached hydrogens (tertiary/aromatic N) is 1. The number of hydrogen-bond acceptors (Lipinski definition) is 6. The van der Waals surface area contributed by atoms with Crippen LogP contribution in [0.4, 0.5) is 14.5 Å². The Hall–Kier alpha value is -3.05. The fourth-order valence-corrected chi connectivity index (χ4v) is 5.08. The molecule has 11 heteroatoms. The average molecular weight is 524 g/mol. The van der Waals surface area contributed by atoms with Crippen molar-refractivity contribution in [2.75, 3.05) is 30.9 Å². The highest BCUT2D eigenvalue weighted by Crippen LogP contribution is 2.27. The smallest absolute Gasteiger partial charge is 0.345 e. The molecule has 36 heavy (non-hydrogen) atoms. The zero-order chi connectivity index (χ0) is 26.3. The second-order valence-corrected chi connectivity index (χ2v) is 10.8. The zero-order valence-electron chi connectivity index (χ0n) is 20.2. The summed E-state index contributed by atoms with van der Waals surface area (Å²) >= 11 is 0. The molecule has 1 aliphatic heterocycles. The Balaban J connectivity index is 1.73. The Bertz CT molecular complexity index is 1140. The van der Waals surface area contributed by atoms with Crippen molar-refractivity contribution >= 4 is 27.3 Å². The lowest BCUT2D eigenvalue weighted by atomic mass is 10.0. The number of alkyl halides is 2. The van der Waals surface area contributed by atoms with Gasteiger partial charge in [-0.05, 0) is 54.8 Å². The molecule has 1 heterocycles. The van der Waals surface area contributed by atoms with Gasteiger partial charge in [0.25, 0.3) is 5.91 Å². The van der Waals surface area contributed by atoms with Crippen molar-refractivity contribution < 1.29 is 31.5 Å². The van der Waals surface area contributed by atoms with E-state index in [-0.39, 0.29) is 35.6 Å². The molecule has 3 rings (SSSR count). The molecule has 2 N–H and O–H groups in total. The number of halogens is 2. The van der Waals surface area contributed by atoms with Crippen molar-refractivity contribution in [1.29, 1.82) is 0 Å². The van der Waals surface area contributed by atoms with Crippen LogP contribution in [0.2, 0.25) is 0 Å². The molecular weight excluding hydrogens is 492 g/mol. The number of rotatable bonds is 11. The lowest BCUT2D eigenvalue weighted by Gasteiger charge is -2.26. The van der Waals surface area contributed by atoms with Crippen molar-refractivity contribution in [3.63, 3.8) is 0 Å². The highest BCUT2D eigenvalue weighted by molar-refractivity contribution is 7.91. The molecule has 0 aromatic heterocycles. The molecule has 0 saturated carbocycles. The van der Waals surface area contributed by atoms with Gasteiger partial charge >= 0.3 is 6.61 Å². The first-order chi connectivity index (χ1) is 17.1. The summed E-state index contributed by atoms with van der Waals surface area (Å²) < 4.78 is 53.6. The molecule has 2 amide bonds. The number of hydrogen-bond donors (Lipinski definition) is 2. The molecule has 0 unspecified atom stereocenters. The van der Waals surface area contributed by atoms with Crippen LogP contribution in [0, 0.1) is 0 Å². The van der Waals surface area contributed by atoms with E-state index in [4.69, 9.17) is 0 Å². The number of sulfone groups is 1. The summed E-state index contributed by atoms with van der Waals surface area (Å²) in [5, 5.41) is 5.39. The fourth-order valence-electron chi connectivity index (χ4n) is 4.19. The quantitative estimate of drug-likeness (QED) is 0.468. The van der Waals surface area contributed by atoms with Crippen LogP contribution in [-0.2, 0) is 19.4 Å². The van der Waals surface area contributed by atoms with Crippen LogP contribution in [0.25, 0.3) is 0 Å². The summed E-state index contributed by atoms with van der Waals surface area (Å²) in [7, 11) is -1.88. The monoisotopic (exact) mass is 523 g/mol. The molecule has 2 aromatic carbocycles. The molecule has 2 aromatic rings. The van der Waals surface area contributed by atoms with E-state index >= 15 is 0 Å². The number of ether oxygens (including phenoxy) is 1. The Labute approximate surface area is 209 Å². The van der Waals surface area contributed by atoms with Gasteiger partial charge in [0, 0.05) is 24.8 Å². The van der Waals surface area contributed by atoms with Crippen LogP contribution in [-0.4, -0.2) is 58.8 Å². The van der Waals surface area contributed by atoms with Crippen LogP contribution < -0.4 is 15.5 Å². The molecule has 0 aliphatic carbocycles. The fraction of sp³-hybridized carbons (Fsp3) is 0.440. The molecule has 0 spiro atoms. The third kappa shape index (κ3) is 7.01. The summed E-state index contributed by atoms with van der Waals surface area (Å²) in [5.41, 5.74) is 1.77. The zero-order valence-corrected chi connectivity index (χ0v) is 21.1. The minimum absolute atomic E-state index is 0.0280. The van der Waals surface area contributed by atoms with E-state index in [0.717, 1.165) is 18.5 Å². The standard InChI is InChI=1S/C25H31F2N3O5S/c1-3-36(33,34)21-12-8-17(9-13-21)22(15-23(31)28-2)29-24(32)18-6-10-19(11-7-18)30-14-4-5-20(30)16-35-25(26)27/h6-13,20,22,25H,3-5,14-16H2,1-2H3,(H,28,31)(H,29,32)/t20-,22-/m0/s1. The maximum atomic E-state index is 13.0. The van der Waals surface area contributed by atoms with Crippen molar-refractivity contribution in [2.24, 2.45) is 0 Å². The summed E-state index contributed by atoms with van der Waals surface area (Å²) in [6, 6.07) is 12.1. The molecule has 196 valence electrons. The molecular formula is C25H31F2N3O5S. The van der Waals surface area contributed by atoms with Gasteiger partial charge in [-0.3, -0.25) is 9.59 Å². The van der Waals surface area contributed by atoms with E-state index in [1.165, 1.54) is 19.2 Å². The molecule has 0 radical (unpaired) electrons. The average Bonchev–Trinajstić information content (AvgIpc) is 3.35. The van der Waals surface area contributed by atoms with Gasteiger partial charge in [-0.15, -0.1) is 0 Å². The number of carbonyl (C=O) groups is 2. The minimum Gasteiger partial charge on any atom is -0.366 e.